The van der Waals surface area contributed by atoms with Crippen LogP contribution in [0.25, 0.3) is 0 Å². The van der Waals surface area contributed by atoms with Crippen LogP contribution in [0.4, 0.5) is 8.78 Å². The molecule has 0 aliphatic rings. The van der Waals surface area contributed by atoms with E-state index in [4.69, 9.17) is 0 Å². The number of benzene rings is 1. The van der Waals surface area contributed by atoms with Crippen LogP contribution in [0.3, 0.4) is 0 Å². The third-order valence-electron chi connectivity index (χ3n) is 2.58. The molecule has 1 unspecified atom stereocenters. The fraction of sp³-hybridized carbons (Fsp3) is 0.417. The lowest BCUT2D eigenvalue weighted by atomic mass is 9.93. The Bertz CT molecular complexity index is 380. The Morgan fingerprint density at radius 2 is 1.81 bits per heavy atom. The molecule has 0 bridgehead atoms. The Kier molecular flexibility index (Phi) is 3.75. The number of halogens is 2. The van der Waals surface area contributed by atoms with Gasteiger partial charge in [-0.2, -0.15) is 0 Å². The molecule has 0 saturated carbocycles. The summed E-state index contributed by atoms with van der Waals surface area (Å²) in [5, 5.41) is 9.65. The summed E-state index contributed by atoms with van der Waals surface area (Å²) < 4.78 is 25.7. The second-order valence-corrected chi connectivity index (χ2v) is 4.01. The molecular formula is C12H14F2O2. The summed E-state index contributed by atoms with van der Waals surface area (Å²) in [6.07, 6.45) is 0.0964. The van der Waals surface area contributed by atoms with E-state index in [-0.39, 0.29) is 18.4 Å². The van der Waals surface area contributed by atoms with Crippen molar-refractivity contribution in [3.63, 3.8) is 0 Å². The van der Waals surface area contributed by atoms with Gasteiger partial charge < -0.3 is 5.11 Å². The zero-order valence-corrected chi connectivity index (χ0v) is 9.26. The number of rotatable bonds is 4. The van der Waals surface area contributed by atoms with Crippen molar-refractivity contribution in [1.29, 1.82) is 0 Å². The van der Waals surface area contributed by atoms with Crippen LogP contribution in [0.5, 0.6) is 0 Å². The summed E-state index contributed by atoms with van der Waals surface area (Å²) in [4.78, 5) is 11.6. The van der Waals surface area contributed by atoms with Crippen LogP contribution in [0.1, 0.15) is 25.8 Å². The third-order valence-corrected chi connectivity index (χ3v) is 2.58. The number of ketones is 1. The molecule has 1 aromatic rings. The number of carbonyl (C=O) groups is 1. The number of aliphatic hydroxyl groups is 1. The molecule has 4 heteroatoms. The normalized spacial score (nSPS) is 14.6. The first kappa shape index (κ1) is 12.8. The zero-order chi connectivity index (χ0) is 12.3. The van der Waals surface area contributed by atoms with Gasteiger partial charge >= 0.3 is 0 Å². The molecule has 1 atom stereocenters. The average molecular weight is 228 g/mol. The molecular weight excluding hydrogens is 214 g/mol. The first-order chi connectivity index (χ1) is 7.35. The largest absolute Gasteiger partial charge is 0.382 e. The molecule has 0 aliphatic carbocycles. The van der Waals surface area contributed by atoms with Crippen molar-refractivity contribution in [2.45, 2.75) is 32.3 Å². The number of hydrogen-bond acceptors (Lipinski definition) is 2. The molecule has 0 amide bonds. The van der Waals surface area contributed by atoms with Gasteiger partial charge in [0.05, 0.1) is 0 Å². The zero-order valence-electron chi connectivity index (χ0n) is 9.26. The van der Waals surface area contributed by atoms with E-state index < -0.39 is 23.0 Å². The van der Waals surface area contributed by atoms with E-state index in [2.05, 4.69) is 0 Å². The van der Waals surface area contributed by atoms with Crippen LogP contribution >= 0.6 is 0 Å². The molecule has 16 heavy (non-hydrogen) atoms. The van der Waals surface area contributed by atoms with Gasteiger partial charge in [-0.1, -0.05) is 6.92 Å². The van der Waals surface area contributed by atoms with Gasteiger partial charge in [0.2, 0.25) is 0 Å². The monoisotopic (exact) mass is 228 g/mol. The molecule has 0 radical (unpaired) electrons. The highest BCUT2D eigenvalue weighted by molar-refractivity contribution is 5.88. The van der Waals surface area contributed by atoms with Gasteiger partial charge in [0.25, 0.3) is 0 Å². The molecule has 0 aromatic heterocycles. The molecule has 0 fully saturated rings. The second kappa shape index (κ2) is 4.70. The molecule has 1 rings (SSSR count). The van der Waals surface area contributed by atoms with Crippen molar-refractivity contribution in [1.82, 2.24) is 0 Å². The lowest BCUT2D eigenvalue weighted by Gasteiger charge is -2.19. The second-order valence-electron chi connectivity index (χ2n) is 4.01. The van der Waals surface area contributed by atoms with Gasteiger partial charge in [0.1, 0.15) is 17.2 Å². The summed E-state index contributed by atoms with van der Waals surface area (Å²) in [5.74, 6) is -1.89. The highest BCUT2D eigenvalue weighted by Gasteiger charge is 2.27. The Labute approximate surface area is 92.9 Å². The SMILES string of the molecule is CCC(C)(O)C(=O)Cc1cc(F)cc(F)c1. The minimum absolute atomic E-state index is 0.171. The van der Waals surface area contributed by atoms with E-state index in [0.29, 0.717) is 0 Å². The summed E-state index contributed by atoms with van der Waals surface area (Å²) in [7, 11) is 0. The van der Waals surface area contributed by atoms with E-state index >= 15 is 0 Å². The minimum atomic E-state index is -1.44. The number of Topliss-reactive ketones (excluding diaryl/α,β-unsaturated/α-hetero) is 1. The number of carbonyl (C=O) groups excluding carboxylic acids is 1. The van der Waals surface area contributed by atoms with Crippen molar-refractivity contribution >= 4 is 5.78 Å². The van der Waals surface area contributed by atoms with E-state index in [0.717, 1.165) is 18.2 Å². The van der Waals surface area contributed by atoms with Gasteiger partial charge in [-0.15, -0.1) is 0 Å². The predicted octanol–water partition coefficient (Wildman–Crippen LogP) is 2.24. The first-order valence-electron chi connectivity index (χ1n) is 5.06. The first-order valence-corrected chi connectivity index (χ1v) is 5.06. The van der Waals surface area contributed by atoms with Crippen molar-refractivity contribution in [3.05, 3.63) is 35.4 Å². The maximum absolute atomic E-state index is 12.8. The molecule has 0 saturated heterocycles. The molecule has 1 aromatic carbocycles. The van der Waals surface area contributed by atoms with Crippen molar-refractivity contribution in [2.75, 3.05) is 0 Å². The lowest BCUT2D eigenvalue weighted by Crippen LogP contribution is -2.35. The van der Waals surface area contributed by atoms with Crippen LogP contribution in [0.15, 0.2) is 18.2 Å². The Morgan fingerprint density at radius 1 is 1.31 bits per heavy atom. The maximum atomic E-state index is 12.8. The standard InChI is InChI=1S/C12H14F2O2/c1-3-12(2,16)11(15)6-8-4-9(13)7-10(14)5-8/h4-5,7,16H,3,6H2,1-2H3. The Hall–Kier alpha value is -1.29. The summed E-state index contributed by atoms with van der Waals surface area (Å²) >= 11 is 0. The van der Waals surface area contributed by atoms with Gasteiger partial charge in [0, 0.05) is 12.5 Å². The van der Waals surface area contributed by atoms with Crippen LogP contribution in [0.2, 0.25) is 0 Å². The van der Waals surface area contributed by atoms with Crippen LogP contribution in [0, 0.1) is 11.6 Å². The van der Waals surface area contributed by atoms with E-state index in [1.807, 2.05) is 0 Å². The van der Waals surface area contributed by atoms with Crippen LogP contribution in [-0.2, 0) is 11.2 Å². The van der Waals surface area contributed by atoms with Crippen LogP contribution < -0.4 is 0 Å². The molecule has 88 valence electrons. The molecule has 1 N–H and O–H groups in total. The summed E-state index contributed by atoms with van der Waals surface area (Å²) in [6.45, 7) is 3.06. The molecule has 0 heterocycles. The van der Waals surface area contributed by atoms with Crippen molar-refractivity contribution in [3.8, 4) is 0 Å². The predicted molar refractivity (Wildman–Crippen MR) is 56.0 cm³/mol. The third kappa shape index (κ3) is 3.10. The van der Waals surface area contributed by atoms with Crippen molar-refractivity contribution < 1.29 is 18.7 Å². The Balaban J connectivity index is 2.85. The van der Waals surface area contributed by atoms with E-state index in [1.54, 1.807) is 6.92 Å². The van der Waals surface area contributed by atoms with E-state index in [9.17, 15) is 18.7 Å². The fourth-order valence-corrected chi connectivity index (χ4v) is 1.29. The number of hydrogen-bond donors (Lipinski definition) is 1. The van der Waals surface area contributed by atoms with Crippen LogP contribution in [-0.4, -0.2) is 16.5 Å². The maximum Gasteiger partial charge on any atom is 0.168 e. The topological polar surface area (TPSA) is 37.3 Å². The smallest absolute Gasteiger partial charge is 0.168 e. The lowest BCUT2D eigenvalue weighted by molar-refractivity contribution is -0.135. The molecule has 0 aliphatic heterocycles. The minimum Gasteiger partial charge on any atom is -0.382 e. The quantitative estimate of drug-likeness (QED) is 0.858. The summed E-state index contributed by atoms with van der Waals surface area (Å²) in [6, 6.07) is 2.92. The highest BCUT2D eigenvalue weighted by Crippen LogP contribution is 2.15. The van der Waals surface area contributed by atoms with Gasteiger partial charge in [0.15, 0.2) is 5.78 Å². The summed E-state index contributed by atoms with van der Waals surface area (Å²) in [5.41, 5.74) is -1.21. The van der Waals surface area contributed by atoms with Gasteiger partial charge in [-0.05, 0) is 31.0 Å². The molecule has 2 nitrogen and oxygen atoms in total. The van der Waals surface area contributed by atoms with Crippen molar-refractivity contribution in [2.24, 2.45) is 0 Å². The Morgan fingerprint density at radius 3 is 2.25 bits per heavy atom. The highest BCUT2D eigenvalue weighted by atomic mass is 19.1. The molecule has 0 spiro atoms. The fourth-order valence-electron chi connectivity index (χ4n) is 1.29. The van der Waals surface area contributed by atoms with Gasteiger partial charge in [-0.25, -0.2) is 8.78 Å². The van der Waals surface area contributed by atoms with Gasteiger partial charge in [-0.3, -0.25) is 4.79 Å². The van der Waals surface area contributed by atoms with E-state index in [1.165, 1.54) is 6.92 Å². The average Bonchev–Trinajstić information content (AvgIpc) is 2.15.